The molecule has 24 heavy (non-hydrogen) atoms. The Bertz CT molecular complexity index is 612. The lowest BCUT2D eigenvalue weighted by molar-refractivity contribution is -0.434. The summed E-state index contributed by atoms with van der Waals surface area (Å²) < 4.78 is 90.0. The van der Waals surface area contributed by atoms with Crippen molar-refractivity contribution in [2.45, 2.75) is 23.9 Å². The highest BCUT2D eigenvalue weighted by Gasteiger charge is 2.94. The molecule has 2 heterocycles. The molecule has 2 saturated heterocycles. The fourth-order valence-corrected chi connectivity index (χ4v) is 3.21. The van der Waals surface area contributed by atoms with Crippen LogP contribution in [-0.4, -0.2) is 47.8 Å². The first-order valence-corrected chi connectivity index (χ1v) is 5.82. The molecule has 132 valence electrons. The van der Waals surface area contributed by atoms with Gasteiger partial charge in [-0.3, -0.25) is 19.1 Å². The Kier molecular flexibility index (Phi) is 2.94. The van der Waals surface area contributed by atoms with Gasteiger partial charge >= 0.3 is 36.6 Å². The second kappa shape index (κ2) is 4.24. The van der Waals surface area contributed by atoms with Crippen LogP contribution in [0, 0.1) is 11.8 Å². The molecule has 0 spiro atoms. The summed E-state index contributed by atoms with van der Waals surface area (Å²) in [6.45, 7) is 0. The van der Waals surface area contributed by atoms with Gasteiger partial charge in [-0.2, -0.15) is 0 Å². The Hall–Kier alpha value is -2.22. The molecule has 8 nitrogen and oxygen atoms in total. The van der Waals surface area contributed by atoms with E-state index in [0.29, 0.717) is 0 Å². The molecule has 0 aromatic heterocycles. The van der Waals surface area contributed by atoms with Crippen LogP contribution in [0.2, 0.25) is 0 Å². The quantitative estimate of drug-likeness (QED) is 0.382. The van der Waals surface area contributed by atoms with Gasteiger partial charge in [-0.15, -0.1) is 26.3 Å². The molecule has 3 aliphatic rings. The lowest BCUT2D eigenvalue weighted by Crippen LogP contribution is -2.80. The number of hydrogen-bond acceptors (Lipinski definition) is 8. The minimum Gasteiger partial charge on any atom is -0.391 e. The van der Waals surface area contributed by atoms with Crippen LogP contribution in [0.25, 0.3) is 0 Å². The maximum atomic E-state index is 12.6. The van der Waals surface area contributed by atoms with Gasteiger partial charge in [0, 0.05) is 0 Å². The van der Waals surface area contributed by atoms with Gasteiger partial charge in [-0.25, -0.2) is 9.59 Å². The number of carbonyl (C=O) groups is 4. The molecular weight excluding hydrogens is 362 g/mol. The van der Waals surface area contributed by atoms with Crippen LogP contribution in [-0.2, 0) is 38.1 Å². The summed E-state index contributed by atoms with van der Waals surface area (Å²) in [4.78, 5) is 46.4. The predicted octanol–water partition coefficient (Wildman–Crippen LogP) is -0.0504. The van der Waals surface area contributed by atoms with Crippen LogP contribution in [0.1, 0.15) is 0 Å². The molecule has 0 radical (unpaired) electrons. The van der Waals surface area contributed by atoms with Crippen LogP contribution in [0.5, 0.6) is 0 Å². The van der Waals surface area contributed by atoms with Gasteiger partial charge in [0.05, 0.1) is 0 Å². The van der Waals surface area contributed by atoms with Gasteiger partial charge in [0.25, 0.3) is 0 Å². The van der Waals surface area contributed by atoms with Crippen LogP contribution in [0.3, 0.4) is 0 Å². The zero-order chi connectivity index (χ0) is 18.3. The number of ether oxygens (including phenoxy) is 4. The van der Waals surface area contributed by atoms with Gasteiger partial charge in [-0.05, 0) is 0 Å². The second-order valence-electron chi connectivity index (χ2n) is 4.96. The Labute approximate surface area is 125 Å². The molecule has 2 aliphatic heterocycles. The van der Waals surface area contributed by atoms with Crippen LogP contribution in [0.4, 0.5) is 26.3 Å². The van der Waals surface area contributed by atoms with Crippen molar-refractivity contribution in [2.24, 2.45) is 11.8 Å². The molecule has 0 amide bonds. The summed E-state index contributed by atoms with van der Waals surface area (Å²) in [5.74, 6) is -13.7. The van der Waals surface area contributed by atoms with E-state index in [0.717, 1.165) is 0 Å². The van der Waals surface area contributed by atoms with E-state index >= 15 is 0 Å². The van der Waals surface area contributed by atoms with Crippen molar-refractivity contribution in [2.75, 3.05) is 0 Å². The highest BCUT2D eigenvalue weighted by atomic mass is 19.4. The van der Waals surface area contributed by atoms with E-state index in [9.17, 15) is 45.5 Å². The molecular formula is C10H2F6O8. The molecule has 0 unspecified atom stereocenters. The molecule has 0 N–H and O–H groups in total. The van der Waals surface area contributed by atoms with Crippen molar-refractivity contribution in [1.29, 1.82) is 0 Å². The third-order valence-electron chi connectivity index (χ3n) is 3.78. The molecule has 0 aromatic carbocycles. The molecule has 0 aromatic rings. The Morgan fingerprint density at radius 1 is 0.708 bits per heavy atom. The van der Waals surface area contributed by atoms with Crippen LogP contribution < -0.4 is 0 Å². The lowest BCUT2D eigenvalue weighted by atomic mass is 9.51. The van der Waals surface area contributed by atoms with E-state index in [2.05, 4.69) is 18.9 Å². The van der Waals surface area contributed by atoms with Crippen LogP contribution >= 0.6 is 0 Å². The summed E-state index contributed by atoms with van der Waals surface area (Å²) in [6, 6.07) is 0. The average Bonchev–Trinajstić information content (AvgIpc) is 2.63. The molecule has 3 rings (SSSR count). The number of halogens is 6. The maximum Gasteiger partial charge on any atom is 0.523 e. The van der Waals surface area contributed by atoms with E-state index in [4.69, 9.17) is 0 Å². The zero-order valence-corrected chi connectivity index (χ0v) is 10.7. The Morgan fingerprint density at radius 3 is 1.25 bits per heavy atom. The number of alkyl halides is 6. The summed E-state index contributed by atoms with van der Waals surface area (Å²) in [6.07, 6.45) is -11.3. The maximum absolute atomic E-state index is 12.6. The monoisotopic (exact) mass is 364 g/mol. The van der Waals surface area contributed by atoms with Gasteiger partial charge in [-0.1, -0.05) is 0 Å². The lowest BCUT2D eigenvalue weighted by Gasteiger charge is -2.52. The third-order valence-corrected chi connectivity index (χ3v) is 3.78. The zero-order valence-electron chi connectivity index (χ0n) is 10.7. The molecule has 1 aliphatic carbocycles. The summed E-state index contributed by atoms with van der Waals surface area (Å²) in [5.41, 5.74) is -7.05. The van der Waals surface area contributed by atoms with E-state index in [1.165, 1.54) is 0 Å². The van der Waals surface area contributed by atoms with Gasteiger partial charge in [0.2, 0.25) is 11.2 Å². The first kappa shape index (κ1) is 16.6. The summed E-state index contributed by atoms with van der Waals surface area (Å²) in [7, 11) is 0. The van der Waals surface area contributed by atoms with Crippen molar-refractivity contribution < 1.29 is 64.5 Å². The number of hydrogen-bond donors (Lipinski definition) is 0. The van der Waals surface area contributed by atoms with Crippen molar-refractivity contribution in [1.82, 2.24) is 0 Å². The Morgan fingerprint density at radius 2 is 1.00 bits per heavy atom. The smallest absolute Gasteiger partial charge is 0.391 e. The standard InChI is InChI=1S/C10H2F6O8/c11-9(12,13)23-7-1(3(17)21-5(7)19)8(24-10(14,15)16)2(7)4(18)22-6(8)20/h1-2H. The van der Waals surface area contributed by atoms with Gasteiger partial charge < -0.3 is 9.47 Å². The fourth-order valence-electron chi connectivity index (χ4n) is 3.21. The van der Waals surface area contributed by atoms with E-state index in [-0.39, 0.29) is 0 Å². The molecule has 0 atom stereocenters. The first-order valence-electron chi connectivity index (χ1n) is 5.82. The molecule has 0 bridgehead atoms. The van der Waals surface area contributed by atoms with Gasteiger partial charge in [0.1, 0.15) is 11.8 Å². The molecule has 14 heteroatoms. The normalized spacial score (nSPS) is 38.4. The number of esters is 4. The Balaban J connectivity index is 2.18. The number of fused-ring (bicyclic) bond motifs is 4. The average molecular weight is 364 g/mol. The van der Waals surface area contributed by atoms with E-state index in [1.54, 1.807) is 0 Å². The molecule has 3 fully saturated rings. The second-order valence-corrected chi connectivity index (χ2v) is 4.96. The fraction of sp³-hybridized carbons (Fsp3) is 0.600. The first-order chi connectivity index (χ1) is 10.8. The SMILES string of the molecule is O=C1OC(=O)C2(OC(F)(F)F)C1C1(OC(F)(F)F)C(=O)OC(=O)C21. The largest absolute Gasteiger partial charge is 0.523 e. The minimum atomic E-state index is -5.65. The van der Waals surface area contributed by atoms with Crippen LogP contribution in [0.15, 0.2) is 0 Å². The van der Waals surface area contributed by atoms with Crippen molar-refractivity contribution in [3.05, 3.63) is 0 Å². The van der Waals surface area contributed by atoms with Crippen molar-refractivity contribution in [3.63, 3.8) is 0 Å². The summed E-state index contributed by atoms with van der Waals surface area (Å²) in [5, 5.41) is 0. The molecule has 1 saturated carbocycles. The third kappa shape index (κ3) is 1.83. The van der Waals surface area contributed by atoms with Crippen molar-refractivity contribution >= 4 is 23.9 Å². The highest BCUT2D eigenvalue weighted by molar-refractivity contribution is 6.17. The number of carbonyl (C=O) groups excluding carboxylic acids is 4. The van der Waals surface area contributed by atoms with E-state index < -0.39 is 59.6 Å². The van der Waals surface area contributed by atoms with Gasteiger partial charge in [0.15, 0.2) is 0 Å². The topological polar surface area (TPSA) is 105 Å². The van der Waals surface area contributed by atoms with E-state index in [1.807, 2.05) is 0 Å². The summed E-state index contributed by atoms with van der Waals surface area (Å²) >= 11 is 0. The minimum absolute atomic E-state index is 1.95. The number of cyclic esters (lactones) is 4. The predicted molar refractivity (Wildman–Crippen MR) is 48.9 cm³/mol. The highest BCUT2D eigenvalue weighted by Crippen LogP contribution is 2.66. The number of rotatable bonds is 2. The van der Waals surface area contributed by atoms with Crippen molar-refractivity contribution in [3.8, 4) is 0 Å².